The Kier molecular flexibility index (Phi) is 6.31. The van der Waals surface area contributed by atoms with E-state index in [9.17, 15) is 17.6 Å². The molecule has 2 aliphatic heterocycles. The summed E-state index contributed by atoms with van der Waals surface area (Å²) >= 11 is 0. The Bertz CT molecular complexity index is 887. The van der Waals surface area contributed by atoms with E-state index in [1.807, 2.05) is 0 Å². The minimum atomic E-state index is -3.30. The maximum atomic E-state index is 14.7. The summed E-state index contributed by atoms with van der Waals surface area (Å²) in [7, 11) is -3.30. The van der Waals surface area contributed by atoms with Gasteiger partial charge >= 0.3 is 5.97 Å². The second-order valence-electron chi connectivity index (χ2n) is 8.43. The number of carbonyl (C=O) groups is 1. The quantitative estimate of drug-likeness (QED) is 0.699. The van der Waals surface area contributed by atoms with Crippen molar-refractivity contribution < 1.29 is 32.2 Å². The van der Waals surface area contributed by atoms with Crippen LogP contribution in [0.1, 0.15) is 60.4 Å². The summed E-state index contributed by atoms with van der Waals surface area (Å²) < 4.78 is 53.1. The van der Waals surface area contributed by atoms with Crippen LogP contribution < -0.4 is 4.74 Å². The number of piperidine rings is 1. The van der Waals surface area contributed by atoms with Crippen LogP contribution in [-0.4, -0.2) is 62.0 Å². The normalized spacial score (nSPS) is 22.2. The number of hydrogen-bond acceptors (Lipinski definition) is 5. The molecular weight excluding hydrogens is 413 g/mol. The van der Waals surface area contributed by atoms with Crippen LogP contribution in [0.25, 0.3) is 0 Å². The molecule has 0 aromatic heterocycles. The lowest BCUT2D eigenvalue weighted by molar-refractivity contribution is 0.0691. The monoisotopic (exact) mass is 441 g/mol. The second-order valence-corrected chi connectivity index (χ2v) is 10.6. The lowest BCUT2D eigenvalue weighted by atomic mass is 9.99. The molecule has 2 saturated heterocycles. The molecule has 0 bridgehead atoms. The van der Waals surface area contributed by atoms with Gasteiger partial charge in [0.2, 0.25) is 10.0 Å². The minimum absolute atomic E-state index is 0.0192. The summed E-state index contributed by atoms with van der Waals surface area (Å²) in [5.74, 6) is -1.36. The van der Waals surface area contributed by atoms with Gasteiger partial charge in [0.25, 0.3) is 0 Å². The number of hydrogen-bond donors (Lipinski definition) is 1. The first-order valence-electron chi connectivity index (χ1n) is 10.6. The molecule has 1 saturated carbocycles. The third-order valence-electron chi connectivity index (χ3n) is 6.35. The van der Waals surface area contributed by atoms with Gasteiger partial charge in [0.1, 0.15) is 11.6 Å². The van der Waals surface area contributed by atoms with E-state index in [1.165, 1.54) is 6.07 Å². The topological polar surface area (TPSA) is 93.1 Å². The molecular formula is C21H28FNO6S. The number of benzene rings is 1. The molecule has 1 aromatic carbocycles. The molecule has 0 radical (unpaired) electrons. The predicted molar refractivity (Wildman–Crippen MR) is 108 cm³/mol. The van der Waals surface area contributed by atoms with Gasteiger partial charge in [0.05, 0.1) is 17.4 Å². The first kappa shape index (κ1) is 21.5. The van der Waals surface area contributed by atoms with Crippen molar-refractivity contribution in [3.8, 4) is 5.75 Å². The molecule has 9 heteroatoms. The van der Waals surface area contributed by atoms with Crippen molar-refractivity contribution in [3.05, 3.63) is 29.1 Å². The fraction of sp³-hybridized carbons (Fsp3) is 0.667. The fourth-order valence-corrected chi connectivity index (χ4v) is 6.27. The van der Waals surface area contributed by atoms with E-state index in [2.05, 4.69) is 0 Å². The Hall–Kier alpha value is -1.71. The van der Waals surface area contributed by atoms with Crippen molar-refractivity contribution in [1.29, 1.82) is 0 Å². The molecule has 3 fully saturated rings. The van der Waals surface area contributed by atoms with E-state index < -0.39 is 21.8 Å². The Morgan fingerprint density at radius 2 is 1.80 bits per heavy atom. The summed E-state index contributed by atoms with van der Waals surface area (Å²) in [6.45, 7) is 2.30. The molecule has 0 atom stereocenters. The van der Waals surface area contributed by atoms with Gasteiger partial charge in [-0.2, -0.15) is 0 Å². The zero-order valence-electron chi connectivity index (χ0n) is 16.9. The summed E-state index contributed by atoms with van der Waals surface area (Å²) in [4.78, 5) is 11.2. The van der Waals surface area contributed by atoms with Crippen molar-refractivity contribution in [1.82, 2.24) is 4.31 Å². The summed E-state index contributed by atoms with van der Waals surface area (Å²) in [6.07, 6.45) is 4.14. The van der Waals surface area contributed by atoms with E-state index in [1.54, 1.807) is 10.4 Å². The van der Waals surface area contributed by atoms with Crippen molar-refractivity contribution in [2.24, 2.45) is 5.92 Å². The first-order valence-corrected chi connectivity index (χ1v) is 12.1. The molecule has 3 aliphatic rings. The largest absolute Gasteiger partial charge is 0.493 e. The van der Waals surface area contributed by atoms with E-state index >= 15 is 0 Å². The van der Waals surface area contributed by atoms with Gasteiger partial charge in [-0.1, -0.05) is 0 Å². The summed E-state index contributed by atoms with van der Waals surface area (Å²) in [5, 5.41) is 8.81. The van der Waals surface area contributed by atoms with Crippen LogP contribution in [-0.2, 0) is 14.8 Å². The SMILES string of the molecule is O=C(O)c1ccc(OCC2CCN(S(=O)(=O)C3CCOCC3)CC2)c(C2CC2)c1F. The molecule has 2 heterocycles. The maximum absolute atomic E-state index is 14.7. The summed E-state index contributed by atoms with van der Waals surface area (Å²) in [5.41, 5.74) is 0.0466. The highest BCUT2D eigenvalue weighted by atomic mass is 32.2. The number of aromatic carboxylic acids is 1. The zero-order chi connectivity index (χ0) is 21.3. The van der Waals surface area contributed by atoms with Gasteiger partial charge in [-0.3, -0.25) is 0 Å². The highest BCUT2D eigenvalue weighted by Gasteiger charge is 2.36. The Labute approximate surface area is 176 Å². The van der Waals surface area contributed by atoms with Crippen LogP contribution in [0, 0.1) is 11.7 Å². The molecule has 0 unspecified atom stereocenters. The van der Waals surface area contributed by atoms with E-state index in [-0.39, 0.29) is 22.6 Å². The molecule has 7 nitrogen and oxygen atoms in total. The minimum Gasteiger partial charge on any atom is -0.493 e. The van der Waals surface area contributed by atoms with Crippen LogP contribution in [0.5, 0.6) is 5.75 Å². The van der Waals surface area contributed by atoms with Crippen molar-refractivity contribution in [3.63, 3.8) is 0 Å². The number of nitrogens with zero attached hydrogens (tertiary/aromatic N) is 1. The maximum Gasteiger partial charge on any atom is 0.338 e. The van der Waals surface area contributed by atoms with Crippen LogP contribution >= 0.6 is 0 Å². The molecule has 30 heavy (non-hydrogen) atoms. The number of rotatable bonds is 7. The molecule has 166 valence electrons. The van der Waals surface area contributed by atoms with E-state index in [4.69, 9.17) is 14.6 Å². The van der Waals surface area contributed by atoms with Gasteiger partial charge in [0, 0.05) is 31.9 Å². The Morgan fingerprint density at radius 3 is 2.40 bits per heavy atom. The van der Waals surface area contributed by atoms with Gasteiger partial charge in [-0.05, 0) is 62.5 Å². The third kappa shape index (κ3) is 4.48. The highest BCUT2D eigenvalue weighted by Crippen LogP contribution is 2.46. The smallest absolute Gasteiger partial charge is 0.338 e. The van der Waals surface area contributed by atoms with Crippen LogP contribution in [0.15, 0.2) is 12.1 Å². The first-order chi connectivity index (χ1) is 14.4. The molecule has 0 spiro atoms. The lowest BCUT2D eigenvalue weighted by Gasteiger charge is -2.34. The Balaban J connectivity index is 1.35. The van der Waals surface area contributed by atoms with E-state index in [0.717, 1.165) is 12.8 Å². The predicted octanol–water partition coefficient (Wildman–Crippen LogP) is 3.00. The second kappa shape index (κ2) is 8.80. The van der Waals surface area contributed by atoms with Gasteiger partial charge < -0.3 is 14.6 Å². The van der Waals surface area contributed by atoms with Crippen molar-refractivity contribution in [2.45, 2.75) is 49.7 Å². The average Bonchev–Trinajstić information content (AvgIpc) is 3.58. The number of sulfonamides is 1. The standard InChI is InChI=1S/C21H28FNO6S/c22-20-17(21(24)25)3-4-18(19(20)15-1-2-15)29-13-14-5-9-23(10-6-14)30(26,27)16-7-11-28-12-8-16/h3-4,14-16H,1-2,5-13H2,(H,24,25). The molecule has 1 N–H and O–H groups in total. The highest BCUT2D eigenvalue weighted by molar-refractivity contribution is 7.89. The van der Waals surface area contributed by atoms with Gasteiger partial charge in [0.15, 0.2) is 0 Å². The van der Waals surface area contributed by atoms with Crippen LogP contribution in [0.3, 0.4) is 0 Å². The van der Waals surface area contributed by atoms with Gasteiger partial charge in [-0.15, -0.1) is 0 Å². The average molecular weight is 442 g/mol. The number of carboxylic acid groups (broad SMARTS) is 1. The zero-order valence-corrected chi connectivity index (χ0v) is 17.7. The van der Waals surface area contributed by atoms with Gasteiger partial charge in [-0.25, -0.2) is 21.9 Å². The number of carboxylic acids is 1. The van der Waals surface area contributed by atoms with Crippen molar-refractivity contribution in [2.75, 3.05) is 32.9 Å². The Morgan fingerprint density at radius 1 is 1.13 bits per heavy atom. The third-order valence-corrected chi connectivity index (χ3v) is 8.75. The summed E-state index contributed by atoms with van der Waals surface area (Å²) in [6, 6.07) is 2.80. The van der Waals surface area contributed by atoms with Crippen molar-refractivity contribution >= 4 is 16.0 Å². The molecule has 4 rings (SSSR count). The number of ether oxygens (including phenoxy) is 2. The van der Waals surface area contributed by atoms with Crippen LogP contribution in [0.2, 0.25) is 0 Å². The molecule has 1 aliphatic carbocycles. The van der Waals surface area contributed by atoms with Crippen LogP contribution in [0.4, 0.5) is 4.39 Å². The number of halogens is 1. The fourth-order valence-electron chi connectivity index (χ4n) is 4.34. The lowest BCUT2D eigenvalue weighted by Crippen LogP contribution is -2.45. The molecule has 0 amide bonds. The van der Waals surface area contributed by atoms with E-state index in [0.29, 0.717) is 69.9 Å². The molecule has 1 aromatic rings.